The fraction of sp³-hybridized carbons (Fsp3) is 0.273. The normalized spacial score (nSPS) is 11.5. The second kappa shape index (κ2) is 5.52. The molecule has 0 N–H and O–H groups in total. The van der Waals surface area contributed by atoms with Gasteiger partial charge in [0.1, 0.15) is 0 Å². The van der Waals surface area contributed by atoms with Crippen LogP contribution in [0.15, 0.2) is 28.7 Å². The molecule has 78 valence electrons. The molecule has 0 bridgehead atoms. The van der Waals surface area contributed by atoms with E-state index in [1.807, 2.05) is 12.1 Å². The minimum atomic E-state index is -0.861. The molecule has 0 aliphatic rings. The van der Waals surface area contributed by atoms with Crippen LogP contribution in [0.2, 0.25) is 0 Å². The Morgan fingerprint density at radius 2 is 2.27 bits per heavy atom. The summed E-state index contributed by atoms with van der Waals surface area (Å²) in [5, 5.41) is 8.93. The van der Waals surface area contributed by atoms with Gasteiger partial charge in [-0.25, -0.2) is 0 Å². The molecule has 3 nitrogen and oxygen atoms in total. The summed E-state index contributed by atoms with van der Waals surface area (Å²) in [6.07, 6.45) is 0. The molecular formula is C11H10BrNO2. The second-order valence-electron chi connectivity index (χ2n) is 2.84. The molecule has 1 rings (SSSR count). The van der Waals surface area contributed by atoms with E-state index in [0.717, 1.165) is 4.47 Å². The van der Waals surface area contributed by atoms with Crippen molar-refractivity contribution in [3.05, 3.63) is 34.3 Å². The lowest BCUT2D eigenvalue weighted by atomic mass is 10.0. The largest absolute Gasteiger partial charge is 0.465 e. The first kappa shape index (κ1) is 11.7. The SMILES string of the molecule is CCOC(=O)C(C#N)c1ccccc1Br. The molecule has 4 heteroatoms. The molecule has 0 aliphatic carbocycles. The Labute approximate surface area is 96.8 Å². The highest BCUT2D eigenvalue weighted by Crippen LogP contribution is 2.25. The van der Waals surface area contributed by atoms with Crippen LogP contribution in [0, 0.1) is 11.3 Å². The van der Waals surface area contributed by atoms with Crippen LogP contribution in [0.25, 0.3) is 0 Å². The lowest BCUT2D eigenvalue weighted by molar-refractivity contribution is -0.143. The number of hydrogen-bond acceptors (Lipinski definition) is 3. The summed E-state index contributed by atoms with van der Waals surface area (Å²) in [7, 11) is 0. The zero-order chi connectivity index (χ0) is 11.3. The molecular weight excluding hydrogens is 258 g/mol. The van der Waals surface area contributed by atoms with Crippen molar-refractivity contribution in [1.29, 1.82) is 5.26 Å². The Kier molecular flexibility index (Phi) is 4.32. The first-order chi connectivity index (χ1) is 7.20. The van der Waals surface area contributed by atoms with Crippen LogP contribution in [0.1, 0.15) is 18.4 Å². The van der Waals surface area contributed by atoms with Gasteiger partial charge >= 0.3 is 5.97 Å². The van der Waals surface area contributed by atoms with Crippen LogP contribution in [-0.4, -0.2) is 12.6 Å². The number of halogens is 1. The van der Waals surface area contributed by atoms with E-state index in [1.165, 1.54) is 0 Å². The van der Waals surface area contributed by atoms with Gasteiger partial charge < -0.3 is 4.74 Å². The van der Waals surface area contributed by atoms with Crippen LogP contribution in [0.4, 0.5) is 0 Å². The lowest BCUT2D eigenvalue weighted by Gasteiger charge is -2.09. The topological polar surface area (TPSA) is 50.1 Å². The van der Waals surface area contributed by atoms with Crippen molar-refractivity contribution in [2.75, 3.05) is 6.61 Å². The molecule has 1 atom stereocenters. The zero-order valence-electron chi connectivity index (χ0n) is 8.24. The van der Waals surface area contributed by atoms with Crippen molar-refractivity contribution < 1.29 is 9.53 Å². The van der Waals surface area contributed by atoms with E-state index in [9.17, 15) is 4.79 Å². The molecule has 0 saturated carbocycles. The number of carbonyl (C=O) groups excluding carboxylic acids is 1. The van der Waals surface area contributed by atoms with Gasteiger partial charge in [0.2, 0.25) is 0 Å². The van der Waals surface area contributed by atoms with Gasteiger partial charge in [-0.05, 0) is 18.6 Å². The summed E-state index contributed by atoms with van der Waals surface area (Å²) in [4.78, 5) is 11.5. The van der Waals surface area contributed by atoms with Crippen molar-refractivity contribution >= 4 is 21.9 Å². The highest BCUT2D eigenvalue weighted by molar-refractivity contribution is 9.10. The fourth-order valence-corrected chi connectivity index (χ4v) is 1.70. The molecule has 0 fully saturated rings. The van der Waals surface area contributed by atoms with Crippen molar-refractivity contribution in [3.63, 3.8) is 0 Å². The molecule has 0 radical (unpaired) electrons. The van der Waals surface area contributed by atoms with Crippen molar-refractivity contribution in [2.24, 2.45) is 0 Å². The highest BCUT2D eigenvalue weighted by Gasteiger charge is 2.23. The Bertz CT molecular complexity index is 398. The van der Waals surface area contributed by atoms with Gasteiger partial charge in [-0.2, -0.15) is 5.26 Å². The smallest absolute Gasteiger partial charge is 0.327 e. The Morgan fingerprint density at radius 3 is 2.80 bits per heavy atom. The van der Waals surface area contributed by atoms with Crippen molar-refractivity contribution in [3.8, 4) is 6.07 Å². The molecule has 0 spiro atoms. The van der Waals surface area contributed by atoms with Gasteiger partial charge in [-0.1, -0.05) is 34.1 Å². The van der Waals surface area contributed by atoms with Crippen LogP contribution >= 0.6 is 15.9 Å². The number of benzene rings is 1. The maximum Gasteiger partial charge on any atom is 0.327 e. The Morgan fingerprint density at radius 1 is 1.60 bits per heavy atom. The zero-order valence-corrected chi connectivity index (χ0v) is 9.82. The van der Waals surface area contributed by atoms with E-state index < -0.39 is 11.9 Å². The molecule has 0 aromatic heterocycles. The maximum atomic E-state index is 11.5. The van der Waals surface area contributed by atoms with E-state index in [-0.39, 0.29) is 6.61 Å². The van der Waals surface area contributed by atoms with E-state index in [4.69, 9.17) is 10.00 Å². The number of carbonyl (C=O) groups is 1. The third-order valence-electron chi connectivity index (χ3n) is 1.87. The molecule has 1 aromatic carbocycles. The summed E-state index contributed by atoms with van der Waals surface area (Å²) in [5.41, 5.74) is 0.637. The van der Waals surface area contributed by atoms with Crippen molar-refractivity contribution in [2.45, 2.75) is 12.8 Å². The van der Waals surface area contributed by atoms with Gasteiger partial charge in [0.05, 0.1) is 12.7 Å². The number of rotatable bonds is 3. The fourth-order valence-electron chi connectivity index (χ4n) is 1.18. The lowest BCUT2D eigenvalue weighted by Crippen LogP contribution is -2.14. The molecule has 0 aliphatic heterocycles. The van der Waals surface area contributed by atoms with Crippen LogP contribution in [0.3, 0.4) is 0 Å². The second-order valence-corrected chi connectivity index (χ2v) is 3.69. The van der Waals surface area contributed by atoms with E-state index in [1.54, 1.807) is 25.1 Å². The molecule has 15 heavy (non-hydrogen) atoms. The number of ether oxygens (including phenoxy) is 1. The average molecular weight is 268 g/mol. The van der Waals surface area contributed by atoms with Gasteiger partial charge in [0.25, 0.3) is 0 Å². The van der Waals surface area contributed by atoms with E-state index in [0.29, 0.717) is 5.56 Å². The Balaban J connectivity index is 2.99. The van der Waals surface area contributed by atoms with E-state index >= 15 is 0 Å². The molecule has 0 heterocycles. The minimum absolute atomic E-state index is 0.279. The summed E-state index contributed by atoms with van der Waals surface area (Å²) in [6.45, 7) is 1.99. The predicted octanol–water partition coefficient (Wildman–Crippen LogP) is 2.62. The van der Waals surface area contributed by atoms with E-state index in [2.05, 4.69) is 15.9 Å². The molecule has 1 unspecified atom stereocenters. The average Bonchev–Trinajstić information content (AvgIpc) is 2.22. The maximum absolute atomic E-state index is 11.5. The summed E-state index contributed by atoms with van der Waals surface area (Å²) in [5.74, 6) is -1.37. The standard InChI is InChI=1S/C11H10BrNO2/c1-2-15-11(14)9(7-13)8-5-3-4-6-10(8)12/h3-6,9H,2H2,1H3. The first-order valence-electron chi connectivity index (χ1n) is 4.51. The van der Waals surface area contributed by atoms with Gasteiger partial charge in [-0.3, -0.25) is 4.79 Å². The number of nitrogens with zero attached hydrogens (tertiary/aromatic N) is 1. The predicted molar refractivity (Wildman–Crippen MR) is 59.1 cm³/mol. The van der Waals surface area contributed by atoms with Crippen molar-refractivity contribution in [1.82, 2.24) is 0 Å². The monoisotopic (exact) mass is 267 g/mol. The van der Waals surface area contributed by atoms with Gasteiger partial charge in [0, 0.05) is 4.47 Å². The van der Waals surface area contributed by atoms with Crippen LogP contribution < -0.4 is 0 Å². The van der Waals surface area contributed by atoms with Crippen LogP contribution in [0.5, 0.6) is 0 Å². The molecule has 0 saturated heterocycles. The summed E-state index contributed by atoms with van der Waals surface area (Å²) in [6, 6.07) is 9.07. The van der Waals surface area contributed by atoms with Crippen LogP contribution in [-0.2, 0) is 9.53 Å². The van der Waals surface area contributed by atoms with Gasteiger partial charge in [-0.15, -0.1) is 0 Å². The number of esters is 1. The number of nitriles is 1. The molecule has 0 amide bonds. The summed E-state index contributed by atoms with van der Waals surface area (Å²) >= 11 is 3.30. The minimum Gasteiger partial charge on any atom is -0.465 e. The quantitative estimate of drug-likeness (QED) is 0.792. The Hall–Kier alpha value is -1.34. The first-order valence-corrected chi connectivity index (χ1v) is 5.30. The highest BCUT2D eigenvalue weighted by atomic mass is 79.9. The third-order valence-corrected chi connectivity index (χ3v) is 2.59. The molecule has 1 aromatic rings. The van der Waals surface area contributed by atoms with Gasteiger partial charge in [0.15, 0.2) is 5.92 Å². The third kappa shape index (κ3) is 2.80. The summed E-state index contributed by atoms with van der Waals surface area (Å²) < 4.78 is 5.56. The number of hydrogen-bond donors (Lipinski definition) is 0.